The molecule has 0 unspecified atom stereocenters. The Labute approximate surface area is 98.8 Å². The third-order valence-electron chi connectivity index (χ3n) is 2.71. The topological polar surface area (TPSA) is 49.3 Å². The first-order valence-electron chi connectivity index (χ1n) is 5.41. The van der Waals surface area contributed by atoms with E-state index in [4.69, 9.17) is 0 Å². The number of aliphatic hydroxyl groups is 1. The number of rotatable bonds is 3. The van der Waals surface area contributed by atoms with E-state index >= 15 is 0 Å². The lowest BCUT2D eigenvalue weighted by Gasteiger charge is -2.27. The van der Waals surface area contributed by atoms with Crippen LogP contribution in [0.1, 0.15) is 28.9 Å². The van der Waals surface area contributed by atoms with Crippen LogP contribution in [0.4, 0.5) is 0 Å². The average molecular weight is 237 g/mol. The summed E-state index contributed by atoms with van der Waals surface area (Å²) in [6.45, 7) is 0.292. The van der Waals surface area contributed by atoms with Gasteiger partial charge in [-0.05, 0) is 30.7 Å². The summed E-state index contributed by atoms with van der Waals surface area (Å²) in [6.07, 6.45) is 6.48. The zero-order chi connectivity index (χ0) is 11.4. The second-order valence-electron chi connectivity index (χ2n) is 4.06. The Bertz CT molecular complexity index is 386. The number of amides is 1. The molecule has 1 aromatic rings. The summed E-state index contributed by atoms with van der Waals surface area (Å²) in [5.41, 5.74) is -0.856. The number of carbonyl (C=O) groups excluding carboxylic acids is 1. The fourth-order valence-electron chi connectivity index (χ4n) is 1.79. The lowest BCUT2D eigenvalue weighted by molar-refractivity contribution is 0.0662. The molecule has 2 rings (SSSR count). The quantitative estimate of drug-likeness (QED) is 0.789. The van der Waals surface area contributed by atoms with Gasteiger partial charge >= 0.3 is 0 Å². The van der Waals surface area contributed by atoms with Crippen molar-refractivity contribution < 1.29 is 9.90 Å². The second-order valence-corrected chi connectivity index (χ2v) is 5.01. The Morgan fingerprint density at radius 2 is 2.50 bits per heavy atom. The number of nitrogens with one attached hydrogen (secondary N) is 1. The normalized spacial score (nSPS) is 24.3. The molecule has 0 aromatic carbocycles. The Hall–Kier alpha value is -1.13. The molecule has 1 aliphatic rings. The maximum absolute atomic E-state index is 11.7. The van der Waals surface area contributed by atoms with E-state index in [2.05, 4.69) is 5.32 Å². The highest BCUT2D eigenvalue weighted by molar-refractivity contribution is 7.12. The molecular formula is C12H15NO2S. The van der Waals surface area contributed by atoms with Crippen molar-refractivity contribution in [2.75, 3.05) is 6.54 Å². The van der Waals surface area contributed by atoms with Gasteiger partial charge in [-0.1, -0.05) is 18.2 Å². The van der Waals surface area contributed by atoms with Gasteiger partial charge in [0.05, 0.1) is 17.0 Å². The van der Waals surface area contributed by atoms with Crippen molar-refractivity contribution in [3.8, 4) is 0 Å². The van der Waals surface area contributed by atoms with Crippen LogP contribution in [0.15, 0.2) is 29.7 Å². The average Bonchev–Trinajstić information content (AvgIpc) is 2.80. The van der Waals surface area contributed by atoms with Gasteiger partial charge < -0.3 is 10.4 Å². The number of hydrogen-bond acceptors (Lipinski definition) is 3. The molecule has 0 fully saturated rings. The lowest BCUT2D eigenvalue weighted by atomic mass is 9.91. The number of allylic oxidation sites excluding steroid dienone is 1. The maximum Gasteiger partial charge on any atom is 0.261 e. The van der Waals surface area contributed by atoms with Crippen LogP contribution >= 0.6 is 11.3 Å². The predicted octanol–water partition coefficient (Wildman–Crippen LogP) is 1.95. The Morgan fingerprint density at radius 3 is 3.12 bits per heavy atom. The highest BCUT2D eigenvalue weighted by atomic mass is 32.1. The summed E-state index contributed by atoms with van der Waals surface area (Å²) in [7, 11) is 0. The zero-order valence-electron chi connectivity index (χ0n) is 8.98. The van der Waals surface area contributed by atoms with Crippen LogP contribution in [0.2, 0.25) is 0 Å². The van der Waals surface area contributed by atoms with Gasteiger partial charge in [-0.3, -0.25) is 4.79 Å². The van der Waals surface area contributed by atoms with Crippen LogP contribution in [0, 0.1) is 0 Å². The summed E-state index contributed by atoms with van der Waals surface area (Å²) < 4.78 is 0. The minimum absolute atomic E-state index is 0.109. The molecule has 1 heterocycles. The van der Waals surface area contributed by atoms with Crippen LogP contribution in [0.25, 0.3) is 0 Å². The summed E-state index contributed by atoms with van der Waals surface area (Å²) in [4.78, 5) is 12.3. The van der Waals surface area contributed by atoms with E-state index in [1.807, 2.05) is 17.5 Å². The summed E-state index contributed by atoms with van der Waals surface area (Å²) >= 11 is 1.40. The Morgan fingerprint density at radius 1 is 1.62 bits per heavy atom. The standard InChI is InChI=1S/C12H15NO2S/c14-11(10-5-4-8-16-10)13-9-12(15)6-2-1-3-7-12/h2,4-6,8,15H,1,3,7,9H2,(H,13,14)/t12-/m0/s1. The number of hydrogen-bond donors (Lipinski definition) is 2. The first-order valence-corrected chi connectivity index (χ1v) is 6.29. The smallest absolute Gasteiger partial charge is 0.261 e. The van der Waals surface area contributed by atoms with Gasteiger partial charge in [0.1, 0.15) is 0 Å². The molecule has 0 aliphatic heterocycles. The van der Waals surface area contributed by atoms with E-state index in [0.29, 0.717) is 17.8 Å². The van der Waals surface area contributed by atoms with Gasteiger partial charge in [-0.2, -0.15) is 0 Å². The summed E-state index contributed by atoms with van der Waals surface area (Å²) in [5, 5.41) is 14.8. The molecule has 3 nitrogen and oxygen atoms in total. The number of thiophene rings is 1. The van der Waals surface area contributed by atoms with Gasteiger partial charge in [-0.15, -0.1) is 11.3 Å². The van der Waals surface area contributed by atoms with E-state index in [0.717, 1.165) is 12.8 Å². The number of carbonyl (C=O) groups is 1. The molecule has 1 amide bonds. The van der Waals surface area contributed by atoms with Gasteiger partial charge in [-0.25, -0.2) is 0 Å². The van der Waals surface area contributed by atoms with Crippen molar-refractivity contribution in [1.29, 1.82) is 0 Å². The largest absolute Gasteiger partial charge is 0.384 e. The summed E-state index contributed by atoms with van der Waals surface area (Å²) in [5.74, 6) is -0.109. The molecule has 16 heavy (non-hydrogen) atoms. The molecule has 0 radical (unpaired) electrons. The summed E-state index contributed by atoms with van der Waals surface area (Å²) in [6, 6.07) is 3.62. The molecule has 0 spiro atoms. The van der Waals surface area contributed by atoms with Gasteiger partial charge in [0, 0.05) is 0 Å². The molecule has 0 saturated carbocycles. The monoisotopic (exact) mass is 237 g/mol. The van der Waals surface area contributed by atoms with Crippen molar-refractivity contribution in [2.45, 2.75) is 24.9 Å². The first kappa shape index (κ1) is 11.4. The molecule has 1 aliphatic carbocycles. The van der Waals surface area contributed by atoms with Gasteiger partial charge in [0.25, 0.3) is 5.91 Å². The molecular weight excluding hydrogens is 222 g/mol. The predicted molar refractivity (Wildman–Crippen MR) is 64.6 cm³/mol. The highest BCUT2D eigenvalue weighted by Crippen LogP contribution is 2.21. The third-order valence-corrected chi connectivity index (χ3v) is 3.58. The molecule has 4 heteroatoms. The van der Waals surface area contributed by atoms with E-state index in [1.165, 1.54) is 11.3 Å². The maximum atomic E-state index is 11.7. The highest BCUT2D eigenvalue weighted by Gasteiger charge is 2.25. The van der Waals surface area contributed by atoms with Crippen LogP contribution in [-0.2, 0) is 0 Å². The molecule has 0 saturated heterocycles. The van der Waals surface area contributed by atoms with Crippen LogP contribution < -0.4 is 5.32 Å². The van der Waals surface area contributed by atoms with Crippen molar-refractivity contribution in [3.05, 3.63) is 34.5 Å². The Kier molecular flexibility index (Phi) is 3.41. The van der Waals surface area contributed by atoms with Crippen molar-refractivity contribution in [3.63, 3.8) is 0 Å². The van der Waals surface area contributed by atoms with E-state index in [1.54, 1.807) is 12.1 Å². The van der Waals surface area contributed by atoms with Crippen LogP contribution in [-0.4, -0.2) is 23.2 Å². The van der Waals surface area contributed by atoms with E-state index < -0.39 is 5.60 Å². The van der Waals surface area contributed by atoms with E-state index in [9.17, 15) is 9.90 Å². The van der Waals surface area contributed by atoms with Gasteiger partial charge in [0.2, 0.25) is 0 Å². The molecule has 0 bridgehead atoms. The van der Waals surface area contributed by atoms with Gasteiger partial charge in [0.15, 0.2) is 0 Å². The molecule has 1 atom stereocenters. The van der Waals surface area contributed by atoms with Crippen molar-refractivity contribution >= 4 is 17.2 Å². The minimum atomic E-state index is -0.856. The second kappa shape index (κ2) is 4.80. The molecule has 86 valence electrons. The molecule has 1 aromatic heterocycles. The minimum Gasteiger partial charge on any atom is -0.384 e. The molecule has 2 N–H and O–H groups in total. The third kappa shape index (κ3) is 2.71. The van der Waals surface area contributed by atoms with Crippen molar-refractivity contribution in [1.82, 2.24) is 5.32 Å². The van der Waals surface area contributed by atoms with Crippen LogP contribution in [0.5, 0.6) is 0 Å². The Balaban J connectivity index is 1.90. The van der Waals surface area contributed by atoms with Crippen LogP contribution in [0.3, 0.4) is 0 Å². The zero-order valence-corrected chi connectivity index (χ0v) is 9.80. The van der Waals surface area contributed by atoms with E-state index in [-0.39, 0.29) is 5.91 Å². The first-order chi connectivity index (χ1) is 7.70. The fraction of sp³-hybridized carbons (Fsp3) is 0.417. The van der Waals surface area contributed by atoms with Crippen molar-refractivity contribution in [2.24, 2.45) is 0 Å². The SMILES string of the molecule is O=C(NC[C@]1(O)C=CCCC1)c1cccs1. The lowest BCUT2D eigenvalue weighted by Crippen LogP contribution is -2.42. The fourth-order valence-corrected chi connectivity index (χ4v) is 2.43.